The monoisotopic (exact) mass is 419 g/mol. The fourth-order valence-electron chi connectivity index (χ4n) is 3.49. The van der Waals surface area contributed by atoms with Crippen molar-refractivity contribution in [3.63, 3.8) is 0 Å². The van der Waals surface area contributed by atoms with Crippen LogP contribution in [0, 0.1) is 6.92 Å². The topological polar surface area (TPSA) is 57.5 Å². The number of aromatic nitrogens is 3. The Balaban J connectivity index is 1.36. The van der Waals surface area contributed by atoms with E-state index in [4.69, 9.17) is 20.8 Å². The van der Waals surface area contributed by atoms with Gasteiger partial charge in [-0.3, -0.25) is 0 Å². The molecule has 6 nitrogen and oxygen atoms in total. The Morgan fingerprint density at radius 3 is 2.93 bits per heavy atom. The first-order valence-electron chi connectivity index (χ1n) is 9.37. The molecule has 3 aromatic rings. The highest BCUT2D eigenvalue weighted by Gasteiger charge is 2.25. The van der Waals surface area contributed by atoms with Crippen molar-refractivity contribution in [2.45, 2.75) is 24.7 Å². The molecule has 8 heteroatoms. The number of rotatable bonds is 6. The number of hydrogen-bond acceptors (Lipinski definition) is 5. The summed E-state index contributed by atoms with van der Waals surface area (Å²) in [5.41, 5.74) is 2.17. The number of aryl methyl sites for hydroxylation is 1. The molecule has 1 saturated heterocycles. The number of furan rings is 1. The molecule has 1 aromatic carbocycles. The van der Waals surface area contributed by atoms with Gasteiger partial charge in [0, 0.05) is 23.4 Å². The van der Waals surface area contributed by atoms with Crippen LogP contribution in [0.25, 0.3) is 11.4 Å². The second kappa shape index (κ2) is 8.69. The lowest BCUT2D eigenvalue weighted by Gasteiger charge is -2.30. The normalized spacial score (nSPS) is 19.8. The van der Waals surface area contributed by atoms with E-state index in [2.05, 4.69) is 16.3 Å². The predicted molar refractivity (Wildman–Crippen MR) is 110 cm³/mol. The molecule has 4 rings (SSSR count). The molecule has 2 aromatic heterocycles. The fraction of sp³-hybridized carbons (Fsp3) is 0.400. The van der Waals surface area contributed by atoms with Crippen LogP contribution in [0.3, 0.4) is 0 Å². The Morgan fingerprint density at radius 2 is 2.14 bits per heavy atom. The zero-order valence-electron chi connectivity index (χ0n) is 16.0. The van der Waals surface area contributed by atoms with Crippen LogP contribution in [0.5, 0.6) is 0 Å². The number of morpholine rings is 1. The molecule has 0 spiro atoms. The zero-order chi connectivity index (χ0) is 19.5. The second-order valence-corrected chi connectivity index (χ2v) is 8.43. The Bertz CT molecular complexity index is 942. The van der Waals surface area contributed by atoms with Gasteiger partial charge in [0.2, 0.25) is 0 Å². The van der Waals surface area contributed by atoms with Crippen LogP contribution < -0.4 is 4.90 Å². The van der Waals surface area contributed by atoms with Crippen molar-refractivity contribution < 1.29 is 14.1 Å². The van der Waals surface area contributed by atoms with E-state index in [0.717, 1.165) is 59.3 Å². The zero-order valence-corrected chi connectivity index (χ0v) is 17.6. The summed E-state index contributed by atoms with van der Waals surface area (Å²) in [4.78, 5) is 1.50. The van der Waals surface area contributed by atoms with E-state index in [1.54, 1.807) is 18.0 Å². The van der Waals surface area contributed by atoms with Crippen molar-refractivity contribution in [3.05, 3.63) is 52.9 Å². The lowest BCUT2D eigenvalue weighted by atomic mass is 10.2. The third-order valence-corrected chi connectivity index (χ3v) is 6.58. The highest BCUT2D eigenvalue weighted by molar-refractivity contribution is 7.99. The molecule has 0 saturated carbocycles. The highest BCUT2D eigenvalue weighted by atomic mass is 35.5. The first-order chi connectivity index (χ1) is 13.6. The summed E-state index contributed by atoms with van der Waals surface area (Å²) in [5.74, 6) is 2.52. The summed E-state index contributed by atoms with van der Waals surface area (Å²) >= 11 is 8.00. The van der Waals surface area contributed by atoms with Gasteiger partial charge in [-0.25, -0.2) is 0 Å². The summed E-state index contributed by atoms with van der Waals surface area (Å²) < 4.78 is 13.4. The van der Waals surface area contributed by atoms with Crippen molar-refractivity contribution in [3.8, 4) is 11.4 Å². The first kappa shape index (κ1) is 19.5. The number of quaternary nitrogens is 1. The number of ether oxygens (including phenoxy) is 1. The van der Waals surface area contributed by atoms with Gasteiger partial charge in [-0.05, 0) is 19.1 Å². The summed E-state index contributed by atoms with van der Waals surface area (Å²) in [6.45, 7) is 5.59. The second-order valence-electron chi connectivity index (χ2n) is 7.03. The minimum atomic E-state index is 0.187. The third-order valence-electron chi connectivity index (χ3n) is 5.06. The Morgan fingerprint density at radius 1 is 1.29 bits per heavy atom. The minimum Gasteiger partial charge on any atom is -0.469 e. The van der Waals surface area contributed by atoms with Gasteiger partial charge < -0.3 is 18.6 Å². The van der Waals surface area contributed by atoms with Gasteiger partial charge in [0.15, 0.2) is 11.0 Å². The van der Waals surface area contributed by atoms with E-state index in [1.165, 1.54) is 10.5 Å². The quantitative estimate of drug-likeness (QED) is 0.622. The lowest BCUT2D eigenvalue weighted by molar-refractivity contribution is -0.924. The van der Waals surface area contributed by atoms with Crippen LogP contribution in [0.2, 0.25) is 5.02 Å². The van der Waals surface area contributed by atoms with Gasteiger partial charge in [-0.2, -0.15) is 0 Å². The van der Waals surface area contributed by atoms with Gasteiger partial charge in [-0.15, -0.1) is 10.2 Å². The molecule has 1 aliphatic rings. The van der Waals surface area contributed by atoms with E-state index < -0.39 is 0 Å². The predicted octanol–water partition coefficient (Wildman–Crippen LogP) is 2.61. The average molecular weight is 420 g/mol. The van der Waals surface area contributed by atoms with Crippen molar-refractivity contribution in [2.24, 2.45) is 7.05 Å². The molecule has 3 heterocycles. The van der Waals surface area contributed by atoms with Gasteiger partial charge in [0.25, 0.3) is 0 Å². The van der Waals surface area contributed by atoms with Crippen LogP contribution in [0.15, 0.2) is 46.2 Å². The van der Waals surface area contributed by atoms with Crippen molar-refractivity contribution in [1.29, 1.82) is 0 Å². The molecule has 0 amide bonds. The van der Waals surface area contributed by atoms with Crippen LogP contribution in [0.4, 0.5) is 0 Å². The maximum atomic E-state index is 6.32. The molecule has 28 heavy (non-hydrogen) atoms. The lowest BCUT2D eigenvalue weighted by Crippen LogP contribution is -3.13. The number of benzene rings is 1. The SMILES string of the molecule is Cc1occc1-c1nnc(SC[C@@H]2C[NH+](Cc3ccccc3Cl)CCO2)n1C. The molecule has 1 N–H and O–H groups in total. The van der Waals surface area contributed by atoms with Crippen molar-refractivity contribution >= 4 is 23.4 Å². The Labute approximate surface area is 173 Å². The molecule has 148 valence electrons. The summed E-state index contributed by atoms with van der Waals surface area (Å²) in [7, 11) is 1.99. The van der Waals surface area contributed by atoms with E-state index in [9.17, 15) is 0 Å². The Kier molecular flexibility index (Phi) is 6.06. The third kappa shape index (κ3) is 4.27. The molecule has 0 radical (unpaired) electrons. The maximum Gasteiger partial charge on any atom is 0.191 e. The minimum absolute atomic E-state index is 0.187. The van der Waals surface area contributed by atoms with E-state index in [0.29, 0.717) is 0 Å². The van der Waals surface area contributed by atoms with Crippen LogP contribution in [-0.4, -0.2) is 46.3 Å². The van der Waals surface area contributed by atoms with E-state index in [1.807, 2.05) is 42.8 Å². The number of hydrogen-bond donors (Lipinski definition) is 1. The molecule has 2 atom stereocenters. The highest BCUT2D eigenvalue weighted by Crippen LogP contribution is 2.26. The van der Waals surface area contributed by atoms with Crippen LogP contribution in [-0.2, 0) is 18.3 Å². The molecule has 1 fully saturated rings. The van der Waals surface area contributed by atoms with Crippen LogP contribution in [0.1, 0.15) is 11.3 Å². The number of thioether (sulfide) groups is 1. The number of halogens is 1. The Hall–Kier alpha value is -1.80. The van der Waals surface area contributed by atoms with E-state index >= 15 is 0 Å². The van der Waals surface area contributed by atoms with Gasteiger partial charge in [0.1, 0.15) is 31.5 Å². The van der Waals surface area contributed by atoms with Crippen molar-refractivity contribution in [1.82, 2.24) is 14.8 Å². The molecule has 0 bridgehead atoms. The number of nitrogens with zero attached hydrogens (tertiary/aromatic N) is 3. The largest absolute Gasteiger partial charge is 0.469 e. The smallest absolute Gasteiger partial charge is 0.191 e. The molecular weight excluding hydrogens is 396 g/mol. The van der Waals surface area contributed by atoms with Crippen molar-refractivity contribution in [2.75, 3.05) is 25.4 Å². The summed E-state index contributed by atoms with van der Waals surface area (Å²) in [5, 5.41) is 10.4. The molecule has 0 aliphatic carbocycles. The standard InChI is InChI=1S/C20H23ClN4O2S/c1-14-17(7-9-26-14)19-22-23-20(24(19)2)28-13-16-12-25(8-10-27-16)11-15-5-3-4-6-18(15)21/h3-7,9,16H,8,10-13H2,1-2H3/p+1/t16-/m0/s1. The van der Waals surface area contributed by atoms with Gasteiger partial charge in [0.05, 0.1) is 18.4 Å². The van der Waals surface area contributed by atoms with Crippen LogP contribution >= 0.6 is 23.4 Å². The fourth-order valence-corrected chi connectivity index (χ4v) is 4.62. The summed E-state index contributed by atoms with van der Waals surface area (Å²) in [6, 6.07) is 10.0. The molecular formula is C20H24ClN4O2S+. The van der Waals surface area contributed by atoms with E-state index in [-0.39, 0.29) is 6.10 Å². The first-order valence-corrected chi connectivity index (χ1v) is 10.7. The maximum absolute atomic E-state index is 6.32. The number of nitrogens with one attached hydrogen (secondary N) is 1. The molecule has 1 unspecified atom stereocenters. The molecule has 1 aliphatic heterocycles. The summed E-state index contributed by atoms with van der Waals surface area (Å²) in [6.07, 6.45) is 1.87. The van der Waals surface area contributed by atoms with Gasteiger partial charge in [-0.1, -0.05) is 41.6 Å². The van der Waals surface area contributed by atoms with Gasteiger partial charge >= 0.3 is 0 Å². The average Bonchev–Trinajstić information content (AvgIpc) is 3.27.